The van der Waals surface area contributed by atoms with Crippen LogP contribution < -0.4 is 0 Å². The Kier molecular flexibility index (Phi) is 5.60. The fraction of sp³-hybridized carbons (Fsp3) is 0.0652. The minimum Gasteiger partial charge on any atom is -0.455 e. The molecule has 4 heteroatoms. The minimum absolute atomic E-state index is 0.650. The predicted molar refractivity (Wildman–Crippen MR) is 205 cm³/mol. The molecule has 234 valence electrons. The van der Waals surface area contributed by atoms with Gasteiger partial charge in [-0.05, 0) is 102 Å². The summed E-state index contributed by atoms with van der Waals surface area (Å²) in [5.41, 5.74) is 14.2. The highest BCUT2D eigenvalue weighted by Crippen LogP contribution is 2.42. The van der Waals surface area contributed by atoms with Crippen LogP contribution in [-0.2, 0) is 12.8 Å². The predicted octanol–water partition coefficient (Wildman–Crippen LogP) is 11.8. The second kappa shape index (κ2) is 10.2. The van der Waals surface area contributed by atoms with E-state index >= 15 is 0 Å². The lowest BCUT2D eigenvalue weighted by Crippen LogP contribution is -1.99. The molecule has 1 aliphatic rings. The third-order valence-electron chi connectivity index (χ3n) is 10.9. The van der Waals surface area contributed by atoms with Crippen LogP contribution in [0.15, 0.2) is 144 Å². The Morgan fingerprint density at radius 1 is 0.540 bits per heavy atom. The maximum absolute atomic E-state index is 10.2. The average Bonchev–Trinajstić information content (AvgIpc) is 3.95. The highest BCUT2D eigenvalue weighted by molar-refractivity contribution is 6.23. The van der Waals surface area contributed by atoms with Crippen molar-refractivity contribution in [2.75, 3.05) is 0 Å². The van der Waals surface area contributed by atoms with Gasteiger partial charge in [0.05, 0.1) is 39.1 Å². The Hall–Kier alpha value is -6.57. The highest BCUT2D eigenvalue weighted by atomic mass is 16.3. The van der Waals surface area contributed by atoms with Gasteiger partial charge in [-0.1, -0.05) is 78.9 Å². The van der Waals surface area contributed by atoms with Crippen molar-refractivity contribution in [3.63, 3.8) is 0 Å². The first-order chi connectivity index (χ1) is 24.7. The van der Waals surface area contributed by atoms with Gasteiger partial charge in [-0.3, -0.25) is 0 Å². The molecule has 0 atom stereocenters. The van der Waals surface area contributed by atoms with E-state index in [0.29, 0.717) is 5.56 Å². The van der Waals surface area contributed by atoms with Gasteiger partial charge < -0.3 is 13.6 Å². The van der Waals surface area contributed by atoms with Crippen molar-refractivity contribution in [2.45, 2.75) is 19.3 Å². The molecular weight excluding hydrogens is 611 g/mol. The number of aromatic nitrogens is 2. The summed E-state index contributed by atoms with van der Waals surface area (Å²) in [4.78, 5) is 0. The fourth-order valence-corrected chi connectivity index (χ4v) is 8.69. The Balaban J connectivity index is 1.09. The summed E-state index contributed by atoms with van der Waals surface area (Å²) in [5.74, 6) is 0. The minimum atomic E-state index is 0.650. The molecule has 0 fully saturated rings. The van der Waals surface area contributed by atoms with E-state index < -0.39 is 0 Å². The first kappa shape index (κ1) is 27.4. The number of hydrogen-bond donors (Lipinski definition) is 0. The van der Waals surface area contributed by atoms with Gasteiger partial charge in [0, 0.05) is 38.3 Å². The van der Waals surface area contributed by atoms with E-state index in [0.717, 1.165) is 73.7 Å². The van der Waals surface area contributed by atoms with Gasteiger partial charge in [0.15, 0.2) is 0 Å². The lowest BCUT2D eigenvalue weighted by Gasteiger charge is -2.14. The van der Waals surface area contributed by atoms with E-state index in [-0.39, 0.29) is 0 Å². The zero-order chi connectivity index (χ0) is 32.9. The monoisotopic (exact) mass is 639 g/mol. The largest absolute Gasteiger partial charge is 0.455 e. The van der Waals surface area contributed by atoms with E-state index in [2.05, 4.69) is 130 Å². The number of nitriles is 1. The van der Waals surface area contributed by atoms with Crippen LogP contribution in [0.1, 0.15) is 23.1 Å². The van der Waals surface area contributed by atoms with Crippen molar-refractivity contribution in [3.8, 4) is 28.6 Å². The molecule has 0 bridgehead atoms. The van der Waals surface area contributed by atoms with Crippen LogP contribution in [0.5, 0.6) is 0 Å². The first-order valence-corrected chi connectivity index (χ1v) is 17.3. The number of rotatable bonds is 3. The molecule has 0 aliphatic heterocycles. The summed E-state index contributed by atoms with van der Waals surface area (Å²) >= 11 is 0. The summed E-state index contributed by atoms with van der Waals surface area (Å²) in [6.45, 7) is 0. The van der Waals surface area contributed by atoms with E-state index in [9.17, 15) is 5.26 Å². The molecule has 0 saturated carbocycles. The van der Waals surface area contributed by atoms with Crippen LogP contribution in [0, 0.1) is 11.3 Å². The number of hydrogen-bond acceptors (Lipinski definition) is 2. The molecule has 1 aliphatic carbocycles. The van der Waals surface area contributed by atoms with Crippen molar-refractivity contribution in [1.29, 1.82) is 5.26 Å². The third-order valence-corrected chi connectivity index (χ3v) is 10.9. The maximum Gasteiger partial charge on any atom is 0.145 e. The number of benzene rings is 7. The molecule has 0 spiro atoms. The summed E-state index contributed by atoms with van der Waals surface area (Å²) in [6.07, 6.45) is 3.39. The normalized spacial score (nSPS) is 12.9. The third kappa shape index (κ3) is 3.75. The Labute approximate surface area is 287 Å². The topological polar surface area (TPSA) is 46.8 Å². The number of furan rings is 1. The van der Waals surface area contributed by atoms with E-state index in [1.807, 2.05) is 24.3 Å². The Morgan fingerprint density at radius 3 is 2.12 bits per heavy atom. The molecule has 0 radical (unpaired) electrons. The number of fused-ring (bicyclic) bond motifs is 12. The van der Waals surface area contributed by atoms with E-state index in [4.69, 9.17) is 4.42 Å². The second-order valence-corrected chi connectivity index (χ2v) is 13.5. The average molecular weight is 640 g/mol. The molecule has 0 amide bonds. The molecule has 0 unspecified atom stereocenters. The van der Waals surface area contributed by atoms with Crippen molar-refractivity contribution >= 4 is 65.6 Å². The van der Waals surface area contributed by atoms with Crippen molar-refractivity contribution in [2.24, 2.45) is 0 Å². The Bertz CT molecular complexity index is 3070. The first-order valence-electron chi connectivity index (χ1n) is 17.3. The van der Waals surface area contributed by atoms with Gasteiger partial charge in [-0.25, -0.2) is 0 Å². The maximum atomic E-state index is 10.2. The molecule has 50 heavy (non-hydrogen) atoms. The smallest absolute Gasteiger partial charge is 0.145 e. The molecule has 3 heterocycles. The van der Waals surface area contributed by atoms with E-state index in [1.54, 1.807) is 0 Å². The molecule has 11 rings (SSSR count). The molecule has 4 nitrogen and oxygen atoms in total. The van der Waals surface area contributed by atoms with Crippen LogP contribution in [-0.4, -0.2) is 9.13 Å². The summed E-state index contributed by atoms with van der Waals surface area (Å²) in [6, 6.07) is 52.0. The summed E-state index contributed by atoms with van der Waals surface area (Å²) in [5, 5.41) is 17.3. The summed E-state index contributed by atoms with van der Waals surface area (Å²) in [7, 11) is 0. The van der Waals surface area contributed by atoms with Crippen molar-refractivity contribution < 1.29 is 4.42 Å². The molecule has 10 aromatic rings. The van der Waals surface area contributed by atoms with Crippen molar-refractivity contribution in [1.82, 2.24) is 9.13 Å². The Morgan fingerprint density at radius 2 is 1.28 bits per heavy atom. The molecule has 3 aromatic heterocycles. The molecule has 0 N–H and O–H groups in total. The SMILES string of the molecule is N#Cc1cc(-c2ccc(-n3c4ccccc4c4c5oc6ccccc6c5ccc43)cc2)cc(-n2c3ccccc3c3ccc4c(c32)CCC4)c1. The number of nitrogens with zero attached hydrogens (tertiary/aromatic N) is 3. The van der Waals surface area contributed by atoms with Gasteiger partial charge >= 0.3 is 0 Å². The lowest BCUT2D eigenvalue weighted by atomic mass is 10.0. The lowest BCUT2D eigenvalue weighted by molar-refractivity contribution is 0.673. The van der Waals surface area contributed by atoms with Gasteiger partial charge in [-0.15, -0.1) is 0 Å². The zero-order valence-corrected chi connectivity index (χ0v) is 27.2. The van der Waals surface area contributed by atoms with Crippen LogP contribution in [0.2, 0.25) is 0 Å². The van der Waals surface area contributed by atoms with Crippen LogP contribution in [0.4, 0.5) is 0 Å². The quantitative estimate of drug-likeness (QED) is 0.193. The number of para-hydroxylation sites is 3. The molecular formula is C46H29N3O. The van der Waals surface area contributed by atoms with Gasteiger partial charge in [0.1, 0.15) is 11.2 Å². The van der Waals surface area contributed by atoms with Crippen LogP contribution in [0.25, 0.3) is 88.1 Å². The van der Waals surface area contributed by atoms with Crippen LogP contribution >= 0.6 is 0 Å². The number of aryl methyl sites for hydroxylation is 2. The van der Waals surface area contributed by atoms with Gasteiger partial charge in [0.2, 0.25) is 0 Å². The van der Waals surface area contributed by atoms with Crippen molar-refractivity contribution in [3.05, 3.63) is 156 Å². The summed E-state index contributed by atoms with van der Waals surface area (Å²) < 4.78 is 11.2. The second-order valence-electron chi connectivity index (χ2n) is 13.5. The molecule has 7 aromatic carbocycles. The zero-order valence-electron chi connectivity index (χ0n) is 27.2. The standard InChI is InChI=1S/C46H29N3O/c47-27-28-24-31(26-33(25-28)49-40-13-4-1-9-35(40)37-21-18-30-8-7-12-34(30)45(37)49)29-16-19-32(20-17-29)48-41-14-5-2-11-39(41)44-42(48)23-22-38-36-10-3-6-15-43(36)50-46(38)44/h1-6,9-11,13-26H,7-8,12H2. The van der Waals surface area contributed by atoms with Crippen LogP contribution in [0.3, 0.4) is 0 Å². The highest BCUT2D eigenvalue weighted by Gasteiger charge is 2.22. The fourth-order valence-electron chi connectivity index (χ4n) is 8.69. The van der Waals surface area contributed by atoms with Gasteiger partial charge in [-0.2, -0.15) is 5.26 Å². The van der Waals surface area contributed by atoms with Gasteiger partial charge in [0.25, 0.3) is 0 Å². The molecule has 0 saturated heterocycles. The van der Waals surface area contributed by atoms with E-state index in [1.165, 1.54) is 44.7 Å².